The Balaban J connectivity index is 2.25. The molecule has 0 radical (unpaired) electrons. The van der Waals surface area contributed by atoms with Crippen LogP contribution < -0.4 is 0 Å². The first kappa shape index (κ1) is 10.3. The second kappa shape index (κ2) is 4.55. The largest absolute Gasteiger partial charge is 0.396 e. The van der Waals surface area contributed by atoms with Gasteiger partial charge in [0.15, 0.2) is 0 Å². The summed E-state index contributed by atoms with van der Waals surface area (Å²) in [7, 11) is 0. The lowest BCUT2D eigenvalue weighted by atomic mass is 10.2. The van der Waals surface area contributed by atoms with Crippen LogP contribution in [0.3, 0.4) is 0 Å². The minimum absolute atomic E-state index is 0.0158. The Labute approximate surface area is 95.1 Å². The van der Waals surface area contributed by atoms with Gasteiger partial charge in [0.25, 0.3) is 0 Å². The summed E-state index contributed by atoms with van der Waals surface area (Å²) < 4.78 is 5.96. The second-order valence-electron chi connectivity index (χ2n) is 2.99. The lowest BCUT2D eigenvalue weighted by Crippen LogP contribution is -1.90. The highest BCUT2D eigenvalue weighted by molar-refractivity contribution is 9.10. The van der Waals surface area contributed by atoms with Gasteiger partial charge in [-0.2, -0.15) is 4.98 Å². The molecular formula is C10H9BrN2O2. The van der Waals surface area contributed by atoms with E-state index in [1.807, 2.05) is 24.3 Å². The zero-order valence-corrected chi connectivity index (χ0v) is 9.44. The summed E-state index contributed by atoms with van der Waals surface area (Å²) in [5.74, 6) is 1.00. The van der Waals surface area contributed by atoms with E-state index in [1.165, 1.54) is 0 Å². The molecule has 2 rings (SSSR count). The molecule has 1 aromatic carbocycles. The van der Waals surface area contributed by atoms with Crippen molar-refractivity contribution in [3.05, 3.63) is 34.6 Å². The first-order valence-electron chi connectivity index (χ1n) is 4.49. The summed E-state index contributed by atoms with van der Waals surface area (Å²) in [5, 5.41) is 12.5. The number of aromatic nitrogens is 2. The van der Waals surface area contributed by atoms with Gasteiger partial charge in [0, 0.05) is 10.0 Å². The number of aliphatic hydroxyl groups is 1. The van der Waals surface area contributed by atoms with Gasteiger partial charge >= 0.3 is 0 Å². The maximum atomic E-state index is 8.70. The van der Waals surface area contributed by atoms with Crippen molar-refractivity contribution in [3.63, 3.8) is 0 Å². The lowest BCUT2D eigenvalue weighted by Gasteiger charge is -1.93. The summed E-state index contributed by atoms with van der Waals surface area (Å²) >= 11 is 3.35. The normalized spacial score (nSPS) is 10.5. The molecular weight excluding hydrogens is 260 g/mol. The molecule has 15 heavy (non-hydrogen) atoms. The predicted molar refractivity (Wildman–Crippen MR) is 58.2 cm³/mol. The smallest absolute Gasteiger partial charge is 0.229 e. The van der Waals surface area contributed by atoms with E-state index < -0.39 is 0 Å². The monoisotopic (exact) mass is 268 g/mol. The van der Waals surface area contributed by atoms with Crippen LogP contribution in [0.2, 0.25) is 0 Å². The van der Waals surface area contributed by atoms with Crippen molar-refractivity contribution in [1.29, 1.82) is 0 Å². The van der Waals surface area contributed by atoms with Crippen molar-refractivity contribution >= 4 is 15.9 Å². The fraction of sp³-hybridized carbons (Fsp3) is 0.200. The highest BCUT2D eigenvalue weighted by atomic mass is 79.9. The van der Waals surface area contributed by atoms with Crippen molar-refractivity contribution in [2.75, 3.05) is 6.61 Å². The van der Waals surface area contributed by atoms with Gasteiger partial charge in [-0.05, 0) is 24.3 Å². The van der Waals surface area contributed by atoms with Crippen LogP contribution >= 0.6 is 15.9 Å². The highest BCUT2D eigenvalue weighted by Crippen LogP contribution is 2.18. The van der Waals surface area contributed by atoms with Gasteiger partial charge < -0.3 is 9.63 Å². The van der Waals surface area contributed by atoms with Crippen molar-refractivity contribution in [3.8, 4) is 11.4 Å². The Morgan fingerprint density at radius 1 is 1.27 bits per heavy atom. The first-order valence-corrected chi connectivity index (χ1v) is 5.28. The molecule has 1 heterocycles. The molecule has 0 saturated heterocycles. The van der Waals surface area contributed by atoms with E-state index in [0.717, 1.165) is 10.0 Å². The number of hydrogen-bond acceptors (Lipinski definition) is 4. The molecule has 0 amide bonds. The summed E-state index contributed by atoms with van der Waals surface area (Å²) in [6.45, 7) is 0.0158. The second-order valence-corrected chi connectivity index (χ2v) is 3.91. The van der Waals surface area contributed by atoms with Gasteiger partial charge in [0.1, 0.15) is 0 Å². The number of nitrogens with zero attached hydrogens (tertiary/aromatic N) is 2. The molecule has 0 aliphatic carbocycles. The maximum Gasteiger partial charge on any atom is 0.229 e. The fourth-order valence-electron chi connectivity index (χ4n) is 1.17. The number of hydrogen-bond donors (Lipinski definition) is 1. The maximum absolute atomic E-state index is 8.70. The van der Waals surface area contributed by atoms with E-state index in [4.69, 9.17) is 9.63 Å². The Hall–Kier alpha value is -1.20. The molecule has 0 bridgehead atoms. The summed E-state index contributed by atoms with van der Waals surface area (Å²) in [5.41, 5.74) is 0.895. The van der Waals surface area contributed by atoms with Gasteiger partial charge in [-0.3, -0.25) is 0 Å². The molecule has 0 unspecified atom stereocenters. The SMILES string of the molecule is OCCc1nc(-c2ccc(Br)cc2)no1. The molecule has 0 aliphatic heterocycles. The topological polar surface area (TPSA) is 59.2 Å². The number of halogens is 1. The molecule has 0 saturated carbocycles. The fourth-order valence-corrected chi connectivity index (χ4v) is 1.43. The Bertz CT molecular complexity index is 439. The van der Waals surface area contributed by atoms with E-state index in [9.17, 15) is 0 Å². The summed E-state index contributed by atoms with van der Waals surface area (Å²) in [4.78, 5) is 4.15. The Morgan fingerprint density at radius 3 is 2.67 bits per heavy atom. The van der Waals surface area contributed by atoms with Gasteiger partial charge in [-0.1, -0.05) is 21.1 Å². The third-order valence-electron chi connectivity index (χ3n) is 1.90. The quantitative estimate of drug-likeness (QED) is 0.926. The average Bonchev–Trinajstić information content (AvgIpc) is 2.68. The van der Waals surface area contributed by atoms with Crippen LogP contribution in [0.25, 0.3) is 11.4 Å². The summed E-state index contributed by atoms with van der Waals surface area (Å²) in [6, 6.07) is 7.63. The molecule has 0 fully saturated rings. The van der Waals surface area contributed by atoms with Crippen LogP contribution in [-0.4, -0.2) is 21.9 Å². The minimum Gasteiger partial charge on any atom is -0.396 e. The minimum atomic E-state index is 0.0158. The Kier molecular flexibility index (Phi) is 3.13. The van der Waals surface area contributed by atoms with Crippen LogP contribution in [0, 0.1) is 0 Å². The van der Waals surface area contributed by atoms with Crippen molar-refractivity contribution < 1.29 is 9.63 Å². The number of benzene rings is 1. The number of aliphatic hydroxyl groups excluding tert-OH is 1. The molecule has 2 aromatic rings. The van der Waals surface area contributed by atoms with Gasteiger partial charge in [0.2, 0.25) is 11.7 Å². The Morgan fingerprint density at radius 2 is 2.00 bits per heavy atom. The first-order chi connectivity index (χ1) is 7.29. The van der Waals surface area contributed by atoms with Gasteiger partial charge in [-0.25, -0.2) is 0 Å². The van der Waals surface area contributed by atoms with Crippen molar-refractivity contribution in [2.45, 2.75) is 6.42 Å². The molecule has 0 aliphatic rings. The molecule has 0 atom stereocenters. The van der Waals surface area contributed by atoms with Gasteiger partial charge in [-0.15, -0.1) is 0 Å². The molecule has 1 aromatic heterocycles. The molecule has 5 heteroatoms. The standard InChI is InChI=1S/C10H9BrN2O2/c11-8-3-1-7(2-4-8)10-12-9(5-6-14)15-13-10/h1-4,14H,5-6H2. The molecule has 1 N–H and O–H groups in total. The lowest BCUT2D eigenvalue weighted by molar-refractivity contribution is 0.274. The zero-order chi connectivity index (χ0) is 10.7. The van der Waals surface area contributed by atoms with Crippen molar-refractivity contribution in [1.82, 2.24) is 10.1 Å². The van der Waals surface area contributed by atoms with Crippen LogP contribution in [0.1, 0.15) is 5.89 Å². The van der Waals surface area contributed by atoms with E-state index in [0.29, 0.717) is 18.1 Å². The highest BCUT2D eigenvalue weighted by Gasteiger charge is 2.07. The van der Waals surface area contributed by atoms with Crippen LogP contribution in [0.15, 0.2) is 33.3 Å². The number of rotatable bonds is 3. The third kappa shape index (κ3) is 2.43. The van der Waals surface area contributed by atoms with E-state index >= 15 is 0 Å². The van der Waals surface area contributed by atoms with E-state index in [-0.39, 0.29) is 6.61 Å². The average molecular weight is 269 g/mol. The zero-order valence-electron chi connectivity index (χ0n) is 7.85. The molecule has 0 spiro atoms. The molecule has 4 nitrogen and oxygen atoms in total. The van der Waals surface area contributed by atoms with E-state index in [1.54, 1.807) is 0 Å². The van der Waals surface area contributed by atoms with Crippen molar-refractivity contribution in [2.24, 2.45) is 0 Å². The molecule has 78 valence electrons. The van der Waals surface area contributed by atoms with Crippen LogP contribution in [0.4, 0.5) is 0 Å². The van der Waals surface area contributed by atoms with Crippen LogP contribution in [-0.2, 0) is 6.42 Å². The summed E-state index contributed by atoms with van der Waals surface area (Å²) in [6.07, 6.45) is 0.392. The predicted octanol–water partition coefficient (Wildman–Crippen LogP) is 2.03. The van der Waals surface area contributed by atoms with Gasteiger partial charge in [0.05, 0.1) is 13.0 Å². The van der Waals surface area contributed by atoms with Crippen LogP contribution in [0.5, 0.6) is 0 Å². The van der Waals surface area contributed by atoms with E-state index in [2.05, 4.69) is 26.1 Å². The third-order valence-corrected chi connectivity index (χ3v) is 2.42.